The van der Waals surface area contributed by atoms with Gasteiger partial charge in [-0.25, -0.2) is 9.67 Å². The number of amides is 1. The first-order valence-electron chi connectivity index (χ1n) is 21.2. The second-order valence-electron chi connectivity index (χ2n) is 18.8. The first-order valence-corrected chi connectivity index (χ1v) is 21.6. The van der Waals surface area contributed by atoms with E-state index < -0.39 is 40.8 Å². The van der Waals surface area contributed by atoms with Gasteiger partial charge in [-0.3, -0.25) is 19.2 Å². The number of benzene rings is 1. The number of carbonyl (C=O) groups excluding carboxylic acids is 3. The van der Waals surface area contributed by atoms with Crippen molar-refractivity contribution in [1.29, 1.82) is 0 Å². The molecule has 3 saturated carbocycles. The summed E-state index contributed by atoms with van der Waals surface area (Å²) in [5.74, 6) is -0.0246. The zero-order valence-corrected chi connectivity index (χ0v) is 36.1. The van der Waals surface area contributed by atoms with Gasteiger partial charge in [0.25, 0.3) is 0 Å². The monoisotopic (exact) mass is 834 g/mol. The molecule has 2 aromatic heterocycles. The Labute approximate surface area is 351 Å². The number of carboxylic acids is 1. The highest BCUT2D eigenvalue weighted by atomic mass is 35.5. The lowest BCUT2D eigenvalue weighted by Gasteiger charge is -2.35. The Morgan fingerprint density at radius 2 is 1.76 bits per heavy atom. The van der Waals surface area contributed by atoms with E-state index in [9.17, 15) is 24.3 Å². The molecule has 3 heterocycles. The molecule has 1 unspecified atom stereocenters. The molecule has 0 spiro atoms. The van der Waals surface area contributed by atoms with Crippen molar-refractivity contribution in [2.24, 2.45) is 40.4 Å². The van der Waals surface area contributed by atoms with Crippen molar-refractivity contribution < 1.29 is 43.2 Å². The third-order valence-electron chi connectivity index (χ3n) is 12.9. The molecule has 1 N–H and O–H groups in total. The second-order valence-corrected chi connectivity index (χ2v) is 19.2. The number of hydrogen-bond acceptors (Lipinski definition) is 10. The first kappa shape index (κ1) is 42.9. The minimum atomic E-state index is -1.15. The van der Waals surface area contributed by atoms with Crippen LogP contribution < -0.4 is 9.47 Å². The van der Waals surface area contributed by atoms with Gasteiger partial charge in [0.15, 0.2) is 11.6 Å². The molecular formula is C45H59ClN4O9. The highest BCUT2D eigenvalue weighted by molar-refractivity contribution is 6.36. The van der Waals surface area contributed by atoms with E-state index in [1.807, 2.05) is 46.0 Å². The summed E-state index contributed by atoms with van der Waals surface area (Å²) >= 11 is 6.97. The van der Waals surface area contributed by atoms with E-state index in [1.165, 1.54) is 11.3 Å². The van der Waals surface area contributed by atoms with Gasteiger partial charge in [-0.1, -0.05) is 59.6 Å². The van der Waals surface area contributed by atoms with Crippen LogP contribution >= 0.6 is 11.6 Å². The van der Waals surface area contributed by atoms with E-state index in [1.54, 1.807) is 23.9 Å². The van der Waals surface area contributed by atoms with Crippen LogP contribution in [0.2, 0.25) is 5.02 Å². The Morgan fingerprint density at radius 3 is 2.41 bits per heavy atom. The van der Waals surface area contributed by atoms with Crippen molar-refractivity contribution in [2.45, 2.75) is 118 Å². The molecule has 1 aromatic carbocycles. The molecule has 4 fully saturated rings. The van der Waals surface area contributed by atoms with Crippen molar-refractivity contribution in [3.05, 3.63) is 41.2 Å². The Balaban J connectivity index is 1.21. The predicted molar refractivity (Wildman–Crippen MR) is 221 cm³/mol. The zero-order valence-electron chi connectivity index (χ0n) is 35.4. The number of methoxy groups -OCH3 is 1. The van der Waals surface area contributed by atoms with Crippen molar-refractivity contribution in [3.8, 4) is 17.3 Å². The topological polar surface area (TPSA) is 159 Å². The number of aromatic nitrogens is 3. The molecule has 1 aliphatic heterocycles. The van der Waals surface area contributed by atoms with Crippen LogP contribution in [0.4, 0.5) is 0 Å². The van der Waals surface area contributed by atoms with Crippen LogP contribution in [0.5, 0.6) is 11.5 Å². The van der Waals surface area contributed by atoms with Crippen LogP contribution in [0.15, 0.2) is 30.5 Å². The Bertz CT molecular complexity index is 2070. The number of Topliss-reactive ketones (excluding diaryl/α,β-unsaturated/α-hetero) is 1. The largest absolute Gasteiger partial charge is 0.490 e. The van der Waals surface area contributed by atoms with Gasteiger partial charge in [0, 0.05) is 37.6 Å². The molecule has 7 rings (SSSR count). The number of rotatable bonds is 18. The number of esters is 1. The van der Waals surface area contributed by atoms with Gasteiger partial charge >= 0.3 is 11.9 Å². The molecule has 14 heteroatoms. The maximum atomic E-state index is 14.8. The molecule has 59 heavy (non-hydrogen) atoms. The SMILES string of the molecule is CC[C@@H]1C[C@]1(CC(=O)[C@@H]1C[C@@H](Oc2cc(-n3ccc(CC(C)C)n3)nc3c(Cl)c(OCCOC)ccc23)CN1C(=O)[C@@H](CC(=O)OC1C[C@@H]2C[C@@H]2C1)C(C)(C)C)C(=O)O. The average Bonchev–Trinajstić information content (AvgIpc) is 3.84. The van der Waals surface area contributed by atoms with Gasteiger partial charge in [0.05, 0.1) is 48.2 Å². The fraction of sp³-hybridized carbons (Fsp3) is 0.644. The van der Waals surface area contributed by atoms with E-state index in [0.717, 1.165) is 25.0 Å². The molecule has 1 saturated heterocycles. The zero-order chi connectivity index (χ0) is 42.4. The van der Waals surface area contributed by atoms with Gasteiger partial charge < -0.3 is 29.0 Å². The van der Waals surface area contributed by atoms with Crippen LogP contribution in [0, 0.1) is 40.4 Å². The maximum absolute atomic E-state index is 14.8. The van der Waals surface area contributed by atoms with Gasteiger partial charge in [-0.15, -0.1) is 0 Å². The number of fused-ring (bicyclic) bond motifs is 2. The van der Waals surface area contributed by atoms with Crippen molar-refractivity contribution in [1.82, 2.24) is 19.7 Å². The van der Waals surface area contributed by atoms with Crippen LogP contribution in [0.3, 0.4) is 0 Å². The lowest BCUT2D eigenvalue weighted by atomic mass is 9.77. The normalized spacial score (nSPS) is 26.5. The third kappa shape index (κ3) is 9.26. The number of aliphatic carboxylic acids is 1. The van der Waals surface area contributed by atoms with E-state index in [0.29, 0.717) is 65.4 Å². The molecule has 4 aliphatic rings. The minimum absolute atomic E-state index is 0.0472. The number of nitrogens with zero attached hydrogens (tertiary/aromatic N) is 4. The average molecular weight is 835 g/mol. The molecule has 8 atom stereocenters. The Kier molecular flexibility index (Phi) is 12.4. The van der Waals surface area contributed by atoms with Crippen LogP contribution in [0.1, 0.15) is 98.6 Å². The molecular weight excluding hydrogens is 776 g/mol. The summed E-state index contributed by atoms with van der Waals surface area (Å²) < 4.78 is 25.4. The van der Waals surface area contributed by atoms with Crippen molar-refractivity contribution >= 4 is 46.1 Å². The van der Waals surface area contributed by atoms with Crippen LogP contribution in [0.25, 0.3) is 16.7 Å². The molecule has 0 radical (unpaired) electrons. The van der Waals surface area contributed by atoms with Crippen molar-refractivity contribution in [3.63, 3.8) is 0 Å². The number of carbonyl (C=O) groups is 4. The van der Waals surface area contributed by atoms with Crippen LogP contribution in [-0.2, 0) is 35.1 Å². The van der Waals surface area contributed by atoms with Gasteiger partial charge in [-0.05, 0) is 79.4 Å². The number of ketones is 1. The lowest BCUT2D eigenvalue weighted by Crippen LogP contribution is -2.48. The standard InChI is InChI=1S/C45H59ClN4O9/c1-8-28-22-45(28,43(54)55)23-35(51)34-19-31(24-49(34)42(53)33(44(4,5)6)20-39(52)59-30-17-26-16-27(26)18-30)58-37-21-38(50-12-11-29(48-50)15-25(2)3)47-41-32(37)9-10-36(40(41)46)57-14-13-56-7/h9-12,21,25-28,30-31,33-34H,8,13-20,22-24H2,1-7H3,(H,54,55)/t26-,27+,28-,30?,31-,33-,34+,45-/m1/s1. The number of pyridine rings is 1. The number of carboxylic acid groups (broad SMARTS) is 1. The fourth-order valence-corrected chi connectivity index (χ4v) is 9.67. The predicted octanol–water partition coefficient (Wildman–Crippen LogP) is 7.50. The van der Waals surface area contributed by atoms with E-state index in [4.69, 9.17) is 40.6 Å². The summed E-state index contributed by atoms with van der Waals surface area (Å²) in [5, 5.41) is 15.9. The number of hydrogen-bond donors (Lipinski definition) is 1. The molecule has 320 valence electrons. The van der Waals surface area contributed by atoms with Gasteiger partial charge in [-0.2, -0.15) is 5.10 Å². The summed E-state index contributed by atoms with van der Waals surface area (Å²) in [4.78, 5) is 61.6. The number of ether oxygens (including phenoxy) is 4. The molecule has 13 nitrogen and oxygen atoms in total. The second kappa shape index (κ2) is 17.0. The summed E-state index contributed by atoms with van der Waals surface area (Å²) in [6, 6.07) is 6.32. The van der Waals surface area contributed by atoms with E-state index in [2.05, 4.69) is 13.8 Å². The Morgan fingerprint density at radius 1 is 1.02 bits per heavy atom. The highest BCUT2D eigenvalue weighted by Crippen LogP contribution is 2.58. The third-order valence-corrected chi connectivity index (χ3v) is 13.3. The number of likely N-dealkylation sites (tertiary alicyclic amines) is 1. The van der Waals surface area contributed by atoms with E-state index >= 15 is 0 Å². The maximum Gasteiger partial charge on any atom is 0.310 e. The quantitative estimate of drug-likeness (QED) is 0.0999. The lowest BCUT2D eigenvalue weighted by molar-refractivity contribution is -0.157. The number of halogens is 1. The van der Waals surface area contributed by atoms with Crippen LogP contribution in [-0.4, -0.2) is 93.5 Å². The summed E-state index contributed by atoms with van der Waals surface area (Å²) in [7, 11) is 1.59. The van der Waals surface area contributed by atoms with Crippen molar-refractivity contribution in [2.75, 3.05) is 26.9 Å². The Hall–Kier alpha value is -4.23. The fourth-order valence-electron chi connectivity index (χ4n) is 9.40. The summed E-state index contributed by atoms with van der Waals surface area (Å²) in [6.07, 6.45) is 5.64. The molecule has 0 bridgehead atoms. The molecule has 3 aromatic rings. The van der Waals surface area contributed by atoms with Gasteiger partial charge in [0.1, 0.15) is 35.3 Å². The summed E-state index contributed by atoms with van der Waals surface area (Å²) in [6.45, 7) is 12.6. The minimum Gasteiger partial charge on any atom is -0.490 e. The molecule has 1 amide bonds. The first-order chi connectivity index (χ1) is 28.0. The van der Waals surface area contributed by atoms with Gasteiger partial charge in [0.2, 0.25) is 5.91 Å². The van der Waals surface area contributed by atoms with E-state index in [-0.39, 0.29) is 61.1 Å². The smallest absolute Gasteiger partial charge is 0.310 e. The highest BCUT2D eigenvalue weighted by Gasteiger charge is 2.61. The molecule has 3 aliphatic carbocycles. The summed E-state index contributed by atoms with van der Waals surface area (Å²) in [5.41, 5.74) is -0.485.